The Morgan fingerprint density at radius 2 is 2.08 bits per heavy atom. The highest BCUT2D eigenvalue weighted by Gasteiger charge is 2.24. The zero-order chi connectivity index (χ0) is 18.2. The Bertz CT molecular complexity index is 693. The molecule has 136 valence electrons. The van der Waals surface area contributed by atoms with Crippen LogP contribution in [0.2, 0.25) is 0 Å². The second kappa shape index (κ2) is 9.37. The van der Waals surface area contributed by atoms with Gasteiger partial charge in [0.25, 0.3) is 5.91 Å². The molecule has 5 nitrogen and oxygen atoms in total. The zero-order valence-electron chi connectivity index (χ0n) is 15.5. The van der Waals surface area contributed by atoms with Crippen LogP contribution in [0.1, 0.15) is 54.9 Å². The summed E-state index contributed by atoms with van der Waals surface area (Å²) >= 11 is 0. The van der Waals surface area contributed by atoms with Gasteiger partial charge in [-0.1, -0.05) is 19.4 Å². The van der Waals surface area contributed by atoms with E-state index in [0.717, 1.165) is 61.5 Å². The molecule has 2 aromatic heterocycles. The molecule has 2 N–H and O–H groups in total. The lowest BCUT2D eigenvalue weighted by molar-refractivity contribution is 0.1000. The van der Waals surface area contributed by atoms with E-state index >= 15 is 0 Å². The first-order chi connectivity index (χ1) is 12.1. The van der Waals surface area contributed by atoms with E-state index in [9.17, 15) is 4.79 Å². The van der Waals surface area contributed by atoms with E-state index in [1.54, 1.807) is 6.20 Å². The molecule has 0 saturated carbocycles. The van der Waals surface area contributed by atoms with Gasteiger partial charge in [0.2, 0.25) is 0 Å². The molecule has 0 spiro atoms. The van der Waals surface area contributed by atoms with Crippen molar-refractivity contribution in [2.75, 3.05) is 13.2 Å². The van der Waals surface area contributed by atoms with E-state index in [-0.39, 0.29) is 5.91 Å². The van der Waals surface area contributed by atoms with E-state index in [4.69, 9.17) is 10.5 Å². The van der Waals surface area contributed by atoms with Gasteiger partial charge in [0, 0.05) is 42.9 Å². The number of aromatic nitrogens is 2. The number of pyridine rings is 1. The first kappa shape index (κ1) is 19.2. The minimum atomic E-state index is -0.389. The van der Waals surface area contributed by atoms with Crippen molar-refractivity contribution in [3.8, 4) is 11.3 Å². The summed E-state index contributed by atoms with van der Waals surface area (Å²) in [5, 5.41) is 0. The molecule has 0 radical (unpaired) electrons. The number of ether oxygens (including phenoxy) is 1. The number of carbonyl (C=O) groups is 1. The van der Waals surface area contributed by atoms with E-state index in [2.05, 4.69) is 16.5 Å². The number of nitrogens with zero attached hydrogens (tertiary/aromatic N) is 2. The molecule has 2 rings (SSSR count). The average Bonchev–Trinajstić information content (AvgIpc) is 2.89. The Balaban J connectivity index is 2.52. The Morgan fingerprint density at radius 1 is 1.28 bits per heavy atom. The van der Waals surface area contributed by atoms with Gasteiger partial charge in [-0.05, 0) is 45.2 Å². The Hall–Kier alpha value is -2.14. The predicted octanol–water partition coefficient (Wildman–Crippen LogP) is 3.73. The zero-order valence-corrected chi connectivity index (χ0v) is 15.5. The van der Waals surface area contributed by atoms with Crippen molar-refractivity contribution in [1.29, 1.82) is 0 Å². The first-order valence-corrected chi connectivity index (χ1v) is 9.12. The standard InChI is InChI=1S/C20H29N3O2/c1-4-6-11-17-19(16-10-7-8-12-22-16)18(20(21)24)15(3)23(17)13-9-14-25-5-2/h7-8,10,12H,4-6,9,11,13-14H2,1-3H3,(H2,21,24). The van der Waals surface area contributed by atoms with Crippen LogP contribution < -0.4 is 5.73 Å². The fourth-order valence-corrected chi connectivity index (χ4v) is 3.26. The summed E-state index contributed by atoms with van der Waals surface area (Å²) in [6.45, 7) is 8.40. The molecule has 0 aliphatic carbocycles. The molecule has 0 aliphatic rings. The molecule has 1 amide bonds. The van der Waals surface area contributed by atoms with Crippen LogP contribution in [-0.2, 0) is 17.7 Å². The smallest absolute Gasteiger partial charge is 0.251 e. The SMILES string of the molecule is CCCCc1c(-c2ccccn2)c(C(N)=O)c(C)n1CCCOCC. The summed E-state index contributed by atoms with van der Waals surface area (Å²) < 4.78 is 7.70. The van der Waals surface area contributed by atoms with Crippen LogP contribution in [0.15, 0.2) is 24.4 Å². The summed E-state index contributed by atoms with van der Waals surface area (Å²) in [5.41, 5.74) is 10.1. The van der Waals surface area contributed by atoms with Crippen molar-refractivity contribution >= 4 is 5.91 Å². The number of hydrogen-bond acceptors (Lipinski definition) is 3. The number of hydrogen-bond donors (Lipinski definition) is 1. The third kappa shape index (κ3) is 4.48. The summed E-state index contributed by atoms with van der Waals surface area (Å²) in [7, 11) is 0. The predicted molar refractivity (Wildman–Crippen MR) is 101 cm³/mol. The van der Waals surface area contributed by atoms with Gasteiger partial charge in [0.05, 0.1) is 11.3 Å². The van der Waals surface area contributed by atoms with Gasteiger partial charge < -0.3 is 15.0 Å². The van der Waals surface area contributed by atoms with E-state index in [1.165, 1.54) is 0 Å². The minimum absolute atomic E-state index is 0.389. The molecule has 0 fully saturated rings. The first-order valence-electron chi connectivity index (χ1n) is 9.12. The normalized spacial score (nSPS) is 11.0. The van der Waals surface area contributed by atoms with Gasteiger partial charge in [-0.15, -0.1) is 0 Å². The van der Waals surface area contributed by atoms with Crippen LogP contribution in [0.5, 0.6) is 0 Å². The third-order valence-electron chi connectivity index (χ3n) is 4.44. The number of amides is 1. The molecule has 25 heavy (non-hydrogen) atoms. The maximum absolute atomic E-state index is 12.2. The number of carbonyl (C=O) groups excluding carboxylic acids is 1. The number of unbranched alkanes of at least 4 members (excludes halogenated alkanes) is 1. The molecule has 0 aromatic carbocycles. The van der Waals surface area contributed by atoms with E-state index in [1.807, 2.05) is 32.0 Å². The molecule has 0 aliphatic heterocycles. The molecule has 5 heteroatoms. The van der Waals surface area contributed by atoms with Crippen molar-refractivity contribution < 1.29 is 9.53 Å². The highest BCUT2D eigenvalue weighted by molar-refractivity contribution is 6.01. The summed E-state index contributed by atoms with van der Waals surface area (Å²) in [6.07, 6.45) is 5.72. The van der Waals surface area contributed by atoms with E-state index in [0.29, 0.717) is 12.2 Å². The van der Waals surface area contributed by atoms with Gasteiger partial charge in [-0.25, -0.2) is 0 Å². The van der Waals surface area contributed by atoms with Crippen LogP contribution in [0.3, 0.4) is 0 Å². The lowest BCUT2D eigenvalue weighted by Gasteiger charge is -2.13. The van der Waals surface area contributed by atoms with Crippen LogP contribution in [0.25, 0.3) is 11.3 Å². The molecule has 0 unspecified atom stereocenters. The summed E-state index contributed by atoms with van der Waals surface area (Å²) in [5.74, 6) is -0.389. The lowest BCUT2D eigenvalue weighted by Crippen LogP contribution is -2.14. The van der Waals surface area contributed by atoms with Crippen LogP contribution in [-0.4, -0.2) is 28.7 Å². The summed E-state index contributed by atoms with van der Waals surface area (Å²) in [6, 6.07) is 5.77. The summed E-state index contributed by atoms with van der Waals surface area (Å²) in [4.78, 5) is 16.7. The quantitative estimate of drug-likeness (QED) is 0.668. The largest absolute Gasteiger partial charge is 0.382 e. The molecular weight excluding hydrogens is 314 g/mol. The van der Waals surface area contributed by atoms with E-state index < -0.39 is 0 Å². The number of primary amides is 1. The van der Waals surface area contributed by atoms with Gasteiger partial charge >= 0.3 is 0 Å². The molecule has 0 bridgehead atoms. The fraction of sp³-hybridized carbons (Fsp3) is 0.500. The molecule has 0 atom stereocenters. The molecule has 2 aromatic rings. The highest BCUT2D eigenvalue weighted by Crippen LogP contribution is 2.32. The third-order valence-corrected chi connectivity index (χ3v) is 4.44. The van der Waals surface area contributed by atoms with Gasteiger partial charge in [0.15, 0.2) is 0 Å². The van der Waals surface area contributed by atoms with Crippen LogP contribution in [0.4, 0.5) is 0 Å². The molecule has 2 heterocycles. The van der Waals surface area contributed by atoms with Crippen molar-refractivity contribution in [1.82, 2.24) is 9.55 Å². The second-order valence-corrected chi connectivity index (χ2v) is 6.17. The number of rotatable bonds is 10. The molecule has 0 saturated heterocycles. The second-order valence-electron chi connectivity index (χ2n) is 6.17. The van der Waals surface area contributed by atoms with Crippen LogP contribution >= 0.6 is 0 Å². The number of nitrogens with two attached hydrogens (primary N) is 1. The average molecular weight is 343 g/mol. The Labute approximate surface area is 150 Å². The Kier molecular flexibility index (Phi) is 7.19. The van der Waals surface area contributed by atoms with Crippen LogP contribution in [0, 0.1) is 6.92 Å². The maximum atomic E-state index is 12.2. The Morgan fingerprint density at radius 3 is 2.68 bits per heavy atom. The van der Waals surface area contributed by atoms with Gasteiger partial charge in [-0.3, -0.25) is 9.78 Å². The van der Waals surface area contributed by atoms with Crippen molar-refractivity contribution in [2.45, 2.75) is 53.0 Å². The fourth-order valence-electron chi connectivity index (χ4n) is 3.26. The highest BCUT2D eigenvalue weighted by atomic mass is 16.5. The molecular formula is C20H29N3O2. The topological polar surface area (TPSA) is 70.1 Å². The van der Waals surface area contributed by atoms with Crippen molar-refractivity contribution in [2.24, 2.45) is 5.73 Å². The van der Waals surface area contributed by atoms with Gasteiger partial charge in [-0.2, -0.15) is 0 Å². The van der Waals surface area contributed by atoms with Crippen molar-refractivity contribution in [3.05, 3.63) is 41.3 Å². The minimum Gasteiger partial charge on any atom is -0.382 e. The maximum Gasteiger partial charge on any atom is 0.251 e. The van der Waals surface area contributed by atoms with Gasteiger partial charge in [0.1, 0.15) is 0 Å². The monoisotopic (exact) mass is 343 g/mol. The lowest BCUT2D eigenvalue weighted by atomic mass is 10.0. The van der Waals surface area contributed by atoms with Crippen molar-refractivity contribution in [3.63, 3.8) is 0 Å².